The van der Waals surface area contributed by atoms with Crippen molar-refractivity contribution in [3.8, 4) is 0 Å². The summed E-state index contributed by atoms with van der Waals surface area (Å²) >= 11 is 0. The highest BCUT2D eigenvalue weighted by atomic mass is 32.2. The van der Waals surface area contributed by atoms with Gasteiger partial charge in [0.15, 0.2) is 0 Å². The van der Waals surface area contributed by atoms with Crippen molar-refractivity contribution in [1.29, 1.82) is 0 Å². The van der Waals surface area contributed by atoms with E-state index < -0.39 is 9.69 Å². The quantitative estimate of drug-likeness (QED) is 0.517. The predicted molar refractivity (Wildman–Crippen MR) is 34.4 cm³/mol. The van der Waals surface area contributed by atoms with Gasteiger partial charge in [-0.05, 0) is 6.42 Å². The Morgan fingerprint density at radius 1 is 1.50 bits per heavy atom. The van der Waals surface area contributed by atoms with Crippen LogP contribution >= 0.6 is 0 Å². The molecule has 8 heavy (non-hydrogen) atoms. The van der Waals surface area contributed by atoms with E-state index in [1.54, 1.807) is 0 Å². The zero-order valence-electron chi connectivity index (χ0n) is 4.92. The summed E-state index contributed by atoms with van der Waals surface area (Å²) in [5.74, 6) is 0.115. The van der Waals surface area contributed by atoms with Gasteiger partial charge in [-0.2, -0.15) is 0 Å². The Bertz CT molecular complexity index is 138. The number of hydrogen-bond acceptors (Lipinski definition) is 2. The van der Waals surface area contributed by atoms with Crippen molar-refractivity contribution in [3.63, 3.8) is 0 Å². The van der Waals surface area contributed by atoms with Crippen molar-refractivity contribution >= 4 is 16.8 Å². The second-order valence-corrected chi connectivity index (χ2v) is 3.45. The number of unbranched alkanes of at least 4 members (excludes halogenated alkanes) is 1. The lowest BCUT2D eigenvalue weighted by molar-refractivity contribution is 0.606. The van der Waals surface area contributed by atoms with Crippen LogP contribution in [-0.4, -0.2) is 21.3 Å². The number of rotatable bonds is 3. The molecule has 0 aliphatic heterocycles. The van der Waals surface area contributed by atoms with Crippen LogP contribution in [-0.2, 0) is 9.69 Å². The largest absolute Gasteiger partial charge is 0.254 e. The van der Waals surface area contributed by atoms with Crippen LogP contribution in [0.4, 0.5) is 0 Å². The smallest absolute Gasteiger partial charge is 0.243 e. The topological polar surface area (TPSA) is 34.1 Å². The summed E-state index contributed by atoms with van der Waals surface area (Å²) in [5.41, 5.74) is 0. The van der Waals surface area contributed by atoms with Crippen molar-refractivity contribution in [2.75, 3.05) is 5.75 Å². The zero-order valence-corrected chi connectivity index (χ0v) is 5.74. The Morgan fingerprint density at radius 2 is 2.00 bits per heavy atom. The molecule has 2 nitrogen and oxygen atoms in total. The van der Waals surface area contributed by atoms with Crippen molar-refractivity contribution in [2.45, 2.75) is 19.8 Å². The third-order valence-electron chi connectivity index (χ3n) is 0.782. The molecule has 0 fully saturated rings. The summed E-state index contributed by atoms with van der Waals surface area (Å²) in [6, 6.07) is 0. The third kappa shape index (κ3) is 6.01. The van der Waals surface area contributed by atoms with Gasteiger partial charge in [0, 0.05) is 5.75 Å². The SMILES string of the molecule is [B]S(=O)(=O)CCCC. The number of hydrogen-bond donors (Lipinski definition) is 0. The van der Waals surface area contributed by atoms with Gasteiger partial charge in [-0.3, -0.25) is 0 Å². The molecule has 0 heterocycles. The molecule has 0 aromatic carbocycles. The molecule has 2 radical (unpaired) electrons. The van der Waals surface area contributed by atoms with E-state index in [0.29, 0.717) is 6.42 Å². The molecule has 0 saturated carbocycles. The van der Waals surface area contributed by atoms with Crippen LogP contribution in [0, 0.1) is 0 Å². The van der Waals surface area contributed by atoms with Gasteiger partial charge in [-0.1, -0.05) is 13.3 Å². The maximum absolute atomic E-state index is 10.2. The summed E-state index contributed by atoms with van der Waals surface area (Å²) in [6.07, 6.45) is 1.54. The summed E-state index contributed by atoms with van der Waals surface area (Å²) in [7, 11) is 1.51. The minimum absolute atomic E-state index is 0.115. The fraction of sp³-hybridized carbons (Fsp3) is 1.00. The first kappa shape index (κ1) is 8.01. The highest BCUT2D eigenvalue weighted by molar-refractivity contribution is 8.12. The molecule has 0 aromatic heterocycles. The first-order valence-corrected chi connectivity index (χ1v) is 4.28. The van der Waals surface area contributed by atoms with Crippen LogP contribution in [0.25, 0.3) is 0 Å². The maximum Gasteiger partial charge on any atom is 0.254 e. The second-order valence-electron chi connectivity index (χ2n) is 1.72. The van der Waals surface area contributed by atoms with Gasteiger partial charge in [0.1, 0.15) is 0 Å². The highest BCUT2D eigenvalue weighted by Crippen LogP contribution is 1.90. The normalized spacial score (nSPS) is 11.6. The van der Waals surface area contributed by atoms with Crippen LogP contribution in [0.2, 0.25) is 0 Å². The fourth-order valence-electron chi connectivity index (χ4n) is 0.346. The average molecular weight is 132 g/mol. The van der Waals surface area contributed by atoms with E-state index >= 15 is 0 Å². The maximum atomic E-state index is 10.2. The van der Waals surface area contributed by atoms with Gasteiger partial charge in [0.2, 0.25) is 0 Å². The van der Waals surface area contributed by atoms with Gasteiger partial charge in [-0.15, -0.1) is 0 Å². The Balaban J connectivity index is 3.42. The molecule has 0 unspecified atom stereocenters. The molecule has 0 aliphatic rings. The molecule has 0 saturated heterocycles. The second kappa shape index (κ2) is 3.12. The molecular weight excluding hydrogens is 123 g/mol. The lowest BCUT2D eigenvalue weighted by Gasteiger charge is -1.91. The summed E-state index contributed by atoms with van der Waals surface area (Å²) in [6.45, 7) is 1.92. The molecule has 0 spiro atoms. The van der Waals surface area contributed by atoms with Crippen molar-refractivity contribution in [2.24, 2.45) is 0 Å². The van der Waals surface area contributed by atoms with Gasteiger partial charge in [0.05, 0.1) is 9.69 Å². The third-order valence-corrected chi connectivity index (χ3v) is 1.64. The Morgan fingerprint density at radius 3 is 2.12 bits per heavy atom. The van der Waals surface area contributed by atoms with Crippen LogP contribution in [0.15, 0.2) is 0 Å². The summed E-state index contributed by atoms with van der Waals surface area (Å²) in [5, 5.41) is 0. The van der Waals surface area contributed by atoms with E-state index in [-0.39, 0.29) is 5.75 Å². The van der Waals surface area contributed by atoms with Crippen molar-refractivity contribution in [3.05, 3.63) is 0 Å². The molecule has 4 heteroatoms. The van der Waals surface area contributed by atoms with E-state index in [1.165, 1.54) is 0 Å². The van der Waals surface area contributed by atoms with E-state index in [9.17, 15) is 8.42 Å². The highest BCUT2D eigenvalue weighted by Gasteiger charge is 1.97. The van der Waals surface area contributed by atoms with Crippen LogP contribution < -0.4 is 0 Å². The summed E-state index contributed by atoms with van der Waals surface area (Å²) < 4.78 is 20.3. The Labute approximate surface area is 51.5 Å². The molecule has 0 amide bonds. The van der Waals surface area contributed by atoms with Gasteiger partial charge in [-0.25, -0.2) is 8.42 Å². The molecule has 0 aromatic rings. The van der Waals surface area contributed by atoms with E-state index in [2.05, 4.69) is 0 Å². The first-order chi connectivity index (χ1) is 3.56. The zero-order chi connectivity index (χ0) is 6.62. The minimum atomic E-state index is -3.19. The summed E-state index contributed by atoms with van der Waals surface area (Å²) in [4.78, 5) is 0. The lowest BCUT2D eigenvalue weighted by atomic mass is 10.4. The first-order valence-electron chi connectivity index (χ1n) is 2.56. The standard InChI is InChI=1S/C4H9BO2S/c1-2-3-4-8(5,6)7/h2-4H2,1H3. The average Bonchev–Trinajstić information content (AvgIpc) is 1.59. The Kier molecular flexibility index (Phi) is 3.13. The van der Waals surface area contributed by atoms with Crippen LogP contribution in [0.1, 0.15) is 19.8 Å². The molecular formula is C4H9BO2S. The van der Waals surface area contributed by atoms with Gasteiger partial charge in [0.25, 0.3) is 7.12 Å². The van der Waals surface area contributed by atoms with E-state index in [0.717, 1.165) is 6.42 Å². The Hall–Kier alpha value is 0.0149. The fourth-order valence-corrected chi connectivity index (χ4v) is 1.04. The van der Waals surface area contributed by atoms with Crippen LogP contribution in [0.5, 0.6) is 0 Å². The molecule has 0 N–H and O–H groups in total. The monoisotopic (exact) mass is 132 g/mol. The van der Waals surface area contributed by atoms with E-state index in [1.807, 2.05) is 6.92 Å². The van der Waals surface area contributed by atoms with Gasteiger partial charge < -0.3 is 0 Å². The van der Waals surface area contributed by atoms with Crippen molar-refractivity contribution < 1.29 is 8.42 Å². The molecule has 0 atom stereocenters. The minimum Gasteiger partial charge on any atom is -0.243 e. The molecule has 0 aliphatic carbocycles. The molecule has 0 rings (SSSR count). The molecule has 0 bridgehead atoms. The van der Waals surface area contributed by atoms with E-state index in [4.69, 9.17) is 7.12 Å². The lowest BCUT2D eigenvalue weighted by Crippen LogP contribution is -2.03. The van der Waals surface area contributed by atoms with Gasteiger partial charge >= 0.3 is 0 Å². The predicted octanol–water partition coefficient (Wildman–Crippen LogP) is 0.285. The van der Waals surface area contributed by atoms with Crippen molar-refractivity contribution in [1.82, 2.24) is 0 Å². The molecule has 46 valence electrons. The van der Waals surface area contributed by atoms with Crippen LogP contribution in [0.3, 0.4) is 0 Å².